The number of nitro groups is 1. The molecule has 29 heavy (non-hydrogen) atoms. The van der Waals surface area contributed by atoms with Crippen LogP contribution in [0.5, 0.6) is 0 Å². The predicted molar refractivity (Wildman–Crippen MR) is 111 cm³/mol. The summed E-state index contributed by atoms with van der Waals surface area (Å²) in [7, 11) is -2.42. The number of nitro benzene ring substituents is 1. The molecule has 1 N–H and O–H groups in total. The second-order valence-corrected chi connectivity index (χ2v) is 9.26. The lowest BCUT2D eigenvalue weighted by Gasteiger charge is -2.35. The number of sulfonamides is 1. The van der Waals surface area contributed by atoms with Gasteiger partial charge in [-0.15, -0.1) is 11.3 Å². The number of benzene rings is 1. The molecular formula is C17H23N5O5S2. The average molecular weight is 442 g/mol. The molecule has 1 atom stereocenters. The molecule has 0 bridgehead atoms. The van der Waals surface area contributed by atoms with Gasteiger partial charge in [-0.25, -0.2) is 18.1 Å². The average Bonchev–Trinajstić information content (AvgIpc) is 3.22. The van der Waals surface area contributed by atoms with E-state index in [9.17, 15) is 18.5 Å². The molecule has 0 unspecified atom stereocenters. The fraction of sp³-hybridized carbons (Fsp3) is 0.471. The number of ether oxygens (including phenoxy) is 1. The Hall–Kier alpha value is -2.28. The summed E-state index contributed by atoms with van der Waals surface area (Å²) in [6.07, 6.45) is 1.75. The van der Waals surface area contributed by atoms with Gasteiger partial charge in [-0.2, -0.15) is 0 Å². The zero-order valence-electron chi connectivity index (χ0n) is 16.1. The number of hydrogen-bond donors (Lipinski definition) is 1. The van der Waals surface area contributed by atoms with Crippen molar-refractivity contribution in [2.45, 2.75) is 17.9 Å². The SMILES string of the molecule is COC[C@H](C)NS(=O)(=O)c1ccc(N2CCN(c3nccs3)CC2)c([N+](=O)[O-])c1. The number of methoxy groups -OCH3 is 1. The summed E-state index contributed by atoms with van der Waals surface area (Å²) in [4.78, 5) is 19.3. The van der Waals surface area contributed by atoms with Crippen LogP contribution in [0.15, 0.2) is 34.7 Å². The first-order valence-corrected chi connectivity index (χ1v) is 11.4. The molecule has 1 aliphatic rings. The molecule has 2 aromatic rings. The Morgan fingerprint density at radius 2 is 2.00 bits per heavy atom. The van der Waals surface area contributed by atoms with Crippen LogP contribution < -0.4 is 14.5 Å². The van der Waals surface area contributed by atoms with Crippen molar-refractivity contribution >= 4 is 37.9 Å². The first kappa shape index (κ1) is 21.4. The van der Waals surface area contributed by atoms with Crippen LogP contribution in [-0.2, 0) is 14.8 Å². The van der Waals surface area contributed by atoms with E-state index in [0.717, 1.165) is 11.2 Å². The topological polar surface area (TPSA) is 118 Å². The maximum absolute atomic E-state index is 12.5. The summed E-state index contributed by atoms with van der Waals surface area (Å²) in [5, 5.41) is 14.5. The summed E-state index contributed by atoms with van der Waals surface area (Å²) >= 11 is 1.55. The van der Waals surface area contributed by atoms with Gasteiger partial charge in [0, 0.05) is 57.0 Å². The van der Waals surface area contributed by atoms with E-state index in [2.05, 4.69) is 14.6 Å². The smallest absolute Gasteiger partial charge is 0.293 e. The van der Waals surface area contributed by atoms with Crippen LogP contribution in [0, 0.1) is 10.1 Å². The van der Waals surface area contributed by atoms with E-state index in [1.165, 1.54) is 19.2 Å². The Bertz CT molecular complexity index is 943. The van der Waals surface area contributed by atoms with Crippen molar-refractivity contribution in [2.75, 3.05) is 49.7 Å². The summed E-state index contributed by atoms with van der Waals surface area (Å²) in [5.74, 6) is 0. The van der Waals surface area contributed by atoms with Gasteiger partial charge in [0.2, 0.25) is 10.0 Å². The van der Waals surface area contributed by atoms with Crippen LogP contribution in [-0.4, -0.2) is 64.3 Å². The molecule has 10 nitrogen and oxygen atoms in total. The third-order valence-corrected chi connectivity index (χ3v) is 6.96. The molecule has 12 heteroatoms. The maximum atomic E-state index is 12.5. The molecule has 3 rings (SSSR count). The highest BCUT2D eigenvalue weighted by Crippen LogP contribution is 2.32. The summed E-state index contributed by atoms with van der Waals surface area (Å²) in [5.41, 5.74) is 0.188. The van der Waals surface area contributed by atoms with Gasteiger partial charge in [-0.1, -0.05) is 0 Å². The van der Waals surface area contributed by atoms with E-state index < -0.39 is 21.0 Å². The van der Waals surface area contributed by atoms with Crippen LogP contribution in [0.3, 0.4) is 0 Å². The molecule has 0 saturated carbocycles. The molecular weight excluding hydrogens is 418 g/mol. The Balaban J connectivity index is 1.79. The molecule has 1 fully saturated rings. The van der Waals surface area contributed by atoms with E-state index in [1.54, 1.807) is 24.5 Å². The molecule has 0 amide bonds. The van der Waals surface area contributed by atoms with E-state index in [0.29, 0.717) is 31.9 Å². The number of hydrogen-bond acceptors (Lipinski definition) is 9. The summed E-state index contributed by atoms with van der Waals surface area (Å²) in [6, 6.07) is 3.57. The highest BCUT2D eigenvalue weighted by Gasteiger charge is 2.27. The zero-order valence-corrected chi connectivity index (χ0v) is 17.8. The molecule has 1 aliphatic heterocycles. The Morgan fingerprint density at radius 3 is 2.59 bits per heavy atom. The maximum Gasteiger partial charge on any atom is 0.293 e. The second kappa shape index (κ2) is 9.03. The zero-order chi connectivity index (χ0) is 21.0. The molecule has 0 spiro atoms. The summed E-state index contributed by atoms with van der Waals surface area (Å²) < 4.78 is 32.5. The van der Waals surface area contributed by atoms with E-state index in [4.69, 9.17) is 4.74 Å². The van der Waals surface area contributed by atoms with Gasteiger partial charge < -0.3 is 14.5 Å². The number of nitrogens with zero attached hydrogens (tertiary/aromatic N) is 4. The van der Waals surface area contributed by atoms with Crippen molar-refractivity contribution in [1.29, 1.82) is 0 Å². The van der Waals surface area contributed by atoms with Crippen molar-refractivity contribution < 1.29 is 18.1 Å². The van der Waals surface area contributed by atoms with Gasteiger partial charge in [0.1, 0.15) is 5.69 Å². The number of anilines is 2. The molecule has 158 valence electrons. The molecule has 0 aliphatic carbocycles. The monoisotopic (exact) mass is 441 g/mol. The highest BCUT2D eigenvalue weighted by atomic mass is 32.2. The van der Waals surface area contributed by atoms with Crippen LogP contribution in [0.4, 0.5) is 16.5 Å². The standard InChI is InChI=1S/C17H23N5O5S2/c1-13(12-27-2)19-29(25,26)14-3-4-15(16(11-14)22(23)24)20-6-8-21(9-7-20)17-18-5-10-28-17/h3-5,10-11,13,19H,6-9,12H2,1-2H3/t13-/m0/s1. The molecule has 2 heterocycles. The Morgan fingerprint density at radius 1 is 1.31 bits per heavy atom. The quantitative estimate of drug-likeness (QED) is 0.486. The minimum atomic E-state index is -3.89. The molecule has 0 radical (unpaired) electrons. The van der Waals surface area contributed by atoms with Gasteiger partial charge >= 0.3 is 0 Å². The minimum absolute atomic E-state index is 0.141. The van der Waals surface area contributed by atoms with Crippen LogP contribution in [0.2, 0.25) is 0 Å². The van der Waals surface area contributed by atoms with Gasteiger partial charge in [0.05, 0.1) is 16.4 Å². The van der Waals surface area contributed by atoms with Crippen molar-refractivity contribution in [1.82, 2.24) is 9.71 Å². The predicted octanol–water partition coefficient (Wildman–Crippen LogP) is 1.69. The largest absolute Gasteiger partial charge is 0.383 e. The second-order valence-electron chi connectivity index (χ2n) is 6.67. The van der Waals surface area contributed by atoms with Crippen molar-refractivity contribution in [3.8, 4) is 0 Å². The van der Waals surface area contributed by atoms with Gasteiger partial charge in [-0.3, -0.25) is 10.1 Å². The van der Waals surface area contributed by atoms with Crippen molar-refractivity contribution in [2.24, 2.45) is 0 Å². The van der Waals surface area contributed by atoms with Gasteiger partial charge in [0.15, 0.2) is 5.13 Å². The van der Waals surface area contributed by atoms with E-state index in [-0.39, 0.29) is 17.2 Å². The van der Waals surface area contributed by atoms with Crippen molar-refractivity contribution in [3.63, 3.8) is 0 Å². The normalized spacial score (nSPS) is 16.1. The molecule has 1 saturated heterocycles. The number of aromatic nitrogens is 1. The lowest BCUT2D eigenvalue weighted by atomic mass is 10.2. The lowest BCUT2D eigenvalue weighted by molar-refractivity contribution is -0.384. The van der Waals surface area contributed by atoms with Crippen LogP contribution in [0.25, 0.3) is 0 Å². The molecule has 1 aromatic heterocycles. The third kappa shape index (κ3) is 5.01. The highest BCUT2D eigenvalue weighted by molar-refractivity contribution is 7.89. The van der Waals surface area contributed by atoms with E-state index >= 15 is 0 Å². The Labute approximate surface area is 173 Å². The van der Waals surface area contributed by atoms with Crippen LogP contribution in [0.1, 0.15) is 6.92 Å². The first-order chi connectivity index (χ1) is 13.8. The number of piperazine rings is 1. The number of nitrogens with one attached hydrogen (secondary N) is 1. The molecule has 1 aromatic carbocycles. The fourth-order valence-corrected chi connectivity index (χ4v) is 5.16. The van der Waals surface area contributed by atoms with Gasteiger partial charge in [0.25, 0.3) is 5.69 Å². The van der Waals surface area contributed by atoms with Crippen LogP contribution >= 0.6 is 11.3 Å². The number of rotatable bonds is 8. The summed E-state index contributed by atoms with van der Waals surface area (Å²) in [6.45, 7) is 4.38. The lowest BCUT2D eigenvalue weighted by Crippen LogP contribution is -2.46. The minimum Gasteiger partial charge on any atom is -0.383 e. The van der Waals surface area contributed by atoms with Gasteiger partial charge in [-0.05, 0) is 19.1 Å². The number of thiazole rings is 1. The first-order valence-electron chi connectivity index (χ1n) is 9.01. The van der Waals surface area contributed by atoms with Crippen molar-refractivity contribution in [3.05, 3.63) is 39.9 Å². The third-order valence-electron chi connectivity index (χ3n) is 4.54. The Kier molecular flexibility index (Phi) is 6.67. The fourth-order valence-electron chi connectivity index (χ4n) is 3.21. The van der Waals surface area contributed by atoms with E-state index in [1.807, 2.05) is 10.3 Å².